The fourth-order valence-electron chi connectivity index (χ4n) is 4.19. The van der Waals surface area contributed by atoms with Crippen LogP contribution >= 0.6 is 0 Å². The van der Waals surface area contributed by atoms with Gasteiger partial charge in [0.25, 0.3) is 5.91 Å². The second-order valence-corrected chi connectivity index (χ2v) is 9.05. The summed E-state index contributed by atoms with van der Waals surface area (Å²) in [6.07, 6.45) is 0.0211. The highest BCUT2D eigenvalue weighted by Crippen LogP contribution is 2.39. The van der Waals surface area contributed by atoms with Gasteiger partial charge in [0.05, 0.1) is 23.1 Å². The van der Waals surface area contributed by atoms with Crippen LogP contribution < -0.4 is 10.2 Å². The van der Waals surface area contributed by atoms with Crippen molar-refractivity contribution in [3.8, 4) is 5.75 Å². The van der Waals surface area contributed by atoms with Gasteiger partial charge in [0.1, 0.15) is 11.3 Å². The first-order chi connectivity index (χ1) is 15.2. The summed E-state index contributed by atoms with van der Waals surface area (Å²) in [4.78, 5) is 30.9. The number of hydrogen-bond acceptors (Lipinski definition) is 5. The summed E-state index contributed by atoms with van der Waals surface area (Å²) in [6, 6.07) is 10.8. The van der Waals surface area contributed by atoms with Crippen LogP contribution in [0.4, 0.5) is 0 Å². The van der Waals surface area contributed by atoms with Gasteiger partial charge in [0, 0.05) is 13.1 Å². The van der Waals surface area contributed by atoms with Crippen molar-refractivity contribution in [2.75, 3.05) is 27.2 Å². The van der Waals surface area contributed by atoms with Crippen molar-refractivity contribution in [2.45, 2.75) is 39.8 Å². The Bertz CT molecular complexity index is 1240. The molecule has 2 aromatic carbocycles. The number of amides is 1. The average molecular weight is 435 g/mol. The standard InChI is InChI=1S/C26H30N2O4/c1-15(2)31-19-9-7-8-18(14-19)23-22-24(29)20-12-16(3)17(4)13-21(20)32-25(22)26(30)28(23)11-10-27(5)6/h7-9,12-15,23H,10-11H2,1-6H3/t23-/m0/s1. The number of likely N-dealkylation sites (N-methyl/N-ethyl adjacent to an activating group) is 1. The molecule has 0 radical (unpaired) electrons. The van der Waals surface area contributed by atoms with Crippen LogP contribution in [0.25, 0.3) is 11.0 Å². The van der Waals surface area contributed by atoms with Crippen LogP contribution in [-0.4, -0.2) is 49.0 Å². The van der Waals surface area contributed by atoms with Crippen LogP contribution in [0.1, 0.15) is 52.7 Å². The monoisotopic (exact) mass is 434 g/mol. The molecular formula is C26H30N2O4. The van der Waals surface area contributed by atoms with Gasteiger partial charge in [-0.1, -0.05) is 12.1 Å². The van der Waals surface area contributed by atoms with E-state index >= 15 is 0 Å². The average Bonchev–Trinajstić information content (AvgIpc) is 3.00. The van der Waals surface area contributed by atoms with Crippen LogP contribution in [0.3, 0.4) is 0 Å². The van der Waals surface area contributed by atoms with E-state index in [2.05, 4.69) is 0 Å². The van der Waals surface area contributed by atoms with Gasteiger partial charge in [-0.05, 0) is 82.7 Å². The molecule has 3 aromatic rings. The van der Waals surface area contributed by atoms with E-state index < -0.39 is 6.04 Å². The Morgan fingerprint density at radius 2 is 1.81 bits per heavy atom. The zero-order valence-corrected chi connectivity index (χ0v) is 19.6. The van der Waals surface area contributed by atoms with E-state index in [1.807, 2.05) is 83.1 Å². The third kappa shape index (κ3) is 3.91. The molecule has 0 saturated heterocycles. The van der Waals surface area contributed by atoms with Crippen molar-refractivity contribution >= 4 is 16.9 Å². The van der Waals surface area contributed by atoms with E-state index in [0.717, 1.165) is 16.7 Å². The first-order valence-corrected chi connectivity index (χ1v) is 11.0. The Labute approximate surface area is 188 Å². The molecule has 0 bridgehead atoms. The molecule has 0 unspecified atom stereocenters. The number of benzene rings is 2. The molecule has 1 aliphatic rings. The summed E-state index contributed by atoms with van der Waals surface area (Å²) < 4.78 is 12.0. The highest BCUT2D eigenvalue weighted by atomic mass is 16.5. The maximum absolute atomic E-state index is 13.7. The molecule has 1 amide bonds. The van der Waals surface area contributed by atoms with Crippen molar-refractivity contribution in [1.29, 1.82) is 0 Å². The van der Waals surface area contributed by atoms with Crippen molar-refractivity contribution in [2.24, 2.45) is 0 Å². The van der Waals surface area contributed by atoms with E-state index in [0.29, 0.717) is 35.4 Å². The summed E-state index contributed by atoms with van der Waals surface area (Å²) >= 11 is 0. The van der Waals surface area contributed by atoms with Gasteiger partial charge < -0.3 is 19.0 Å². The maximum atomic E-state index is 13.7. The van der Waals surface area contributed by atoms with E-state index in [1.54, 1.807) is 4.90 Å². The van der Waals surface area contributed by atoms with E-state index in [1.165, 1.54) is 0 Å². The lowest BCUT2D eigenvalue weighted by molar-refractivity contribution is 0.0716. The van der Waals surface area contributed by atoms with Crippen LogP contribution in [0.15, 0.2) is 45.6 Å². The summed E-state index contributed by atoms with van der Waals surface area (Å²) in [5.74, 6) is 0.603. The zero-order chi connectivity index (χ0) is 23.2. The Morgan fingerprint density at radius 1 is 1.09 bits per heavy atom. The number of carbonyl (C=O) groups is 1. The van der Waals surface area contributed by atoms with Gasteiger partial charge >= 0.3 is 0 Å². The minimum absolute atomic E-state index is 0.0211. The molecule has 0 spiro atoms. The molecule has 4 rings (SSSR count). The van der Waals surface area contributed by atoms with Crippen molar-refractivity contribution in [1.82, 2.24) is 9.80 Å². The number of fused-ring (bicyclic) bond motifs is 2. The Hall–Kier alpha value is -3.12. The first-order valence-electron chi connectivity index (χ1n) is 11.0. The van der Waals surface area contributed by atoms with Gasteiger partial charge in [0.15, 0.2) is 5.43 Å². The molecule has 6 heteroatoms. The van der Waals surface area contributed by atoms with Gasteiger partial charge in [0.2, 0.25) is 5.76 Å². The lowest BCUT2D eigenvalue weighted by Crippen LogP contribution is -2.35. The van der Waals surface area contributed by atoms with Crippen LogP contribution in [-0.2, 0) is 0 Å². The Morgan fingerprint density at radius 3 is 2.50 bits per heavy atom. The Kier molecular flexibility index (Phi) is 5.82. The van der Waals surface area contributed by atoms with Crippen LogP contribution in [0, 0.1) is 13.8 Å². The van der Waals surface area contributed by atoms with Crippen molar-refractivity contribution in [3.05, 3.63) is 74.6 Å². The lowest BCUT2D eigenvalue weighted by Gasteiger charge is -2.26. The normalized spacial score (nSPS) is 15.8. The number of nitrogens with zero attached hydrogens (tertiary/aromatic N) is 2. The molecule has 0 aliphatic carbocycles. The summed E-state index contributed by atoms with van der Waals surface area (Å²) in [7, 11) is 3.92. The second-order valence-electron chi connectivity index (χ2n) is 9.05. The fourth-order valence-corrected chi connectivity index (χ4v) is 4.19. The smallest absolute Gasteiger partial charge is 0.290 e. The van der Waals surface area contributed by atoms with Crippen molar-refractivity contribution < 1.29 is 13.9 Å². The molecule has 6 nitrogen and oxygen atoms in total. The molecule has 32 heavy (non-hydrogen) atoms. The number of aryl methyl sites for hydroxylation is 2. The summed E-state index contributed by atoms with van der Waals surface area (Å²) in [6.45, 7) is 9.02. The molecule has 1 atom stereocenters. The van der Waals surface area contributed by atoms with Gasteiger partial charge in [-0.25, -0.2) is 0 Å². The SMILES string of the molecule is Cc1cc2oc3c(c(=O)c2cc1C)[C@H](c1cccc(OC(C)C)c1)N(CCN(C)C)C3=O. The Balaban J connectivity index is 1.92. The van der Waals surface area contributed by atoms with Crippen molar-refractivity contribution in [3.63, 3.8) is 0 Å². The van der Waals surface area contributed by atoms with Gasteiger partial charge in [-0.2, -0.15) is 0 Å². The summed E-state index contributed by atoms with van der Waals surface area (Å²) in [5.41, 5.74) is 3.59. The first kappa shape index (κ1) is 22.1. The predicted octanol–water partition coefficient (Wildman–Crippen LogP) is 4.30. The van der Waals surface area contributed by atoms with E-state index in [9.17, 15) is 9.59 Å². The molecule has 1 aromatic heterocycles. The number of carbonyl (C=O) groups excluding carboxylic acids is 1. The van der Waals surface area contributed by atoms with Gasteiger partial charge in [-0.3, -0.25) is 9.59 Å². The lowest BCUT2D eigenvalue weighted by atomic mass is 9.97. The molecular weight excluding hydrogens is 404 g/mol. The highest BCUT2D eigenvalue weighted by Gasteiger charge is 2.42. The number of hydrogen-bond donors (Lipinski definition) is 0. The van der Waals surface area contributed by atoms with Crippen LogP contribution in [0.2, 0.25) is 0 Å². The molecule has 0 N–H and O–H groups in total. The van der Waals surface area contributed by atoms with Crippen LogP contribution in [0.5, 0.6) is 5.75 Å². The molecule has 1 aliphatic heterocycles. The van der Waals surface area contributed by atoms with E-state index in [-0.39, 0.29) is 23.2 Å². The zero-order valence-electron chi connectivity index (χ0n) is 19.6. The molecule has 0 fully saturated rings. The third-order valence-corrected chi connectivity index (χ3v) is 5.92. The van der Waals surface area contributed by atoms with Gasteiger partial charge in [-0.15, -0.1) is 0 Å². The second kappa shape index (κ2) is 8.43. The fraction of sp³-hybridized carbons (Fsp3) is 0.385. The molecule has 168 valence electrons. The third-order valence-electron chi connectivity index (χ3n) is 5.92. The maximum Gasteiger partial charge on any atom is 0.290 e. The molecule has 0 saturated carbocycles. The van der Waals surface area contributed by atoms with E-state index in [4.69, 9.17) is 9.15 Å². The number of ether oxygens (including phenoxy) is 1. The predicted molar refractivity (Wildman–Crippen MR) is 126 cm³/mol. The quantitative estimate of drug-likeness (QED) is 0.579. The minimum atomic E-state index is -0.518. The topological polar surface area (TPSA) is 63.0 Å². The number of rotatable bonds is 6. The summed E-state index contributed by atoms with van der Waals surface area (Å²) in [5, 5.41) is 0.508. The minimum Gasteiger partial charge on any atom is -0.491 e. The molecule has 2 heterocycles. The highest BCUT2D eigenvalue weighted by molar-refractivity contribution is 5.99. The largest absolute Gasteiger partial charge is 0.491 e.